The molecule has 32 heavy (non-hydrogen) atoms. The normalized spacial score (nSPS) is 12.7. The van der Waals surface area contributed by atoms with E-state index in [-0.39, 0.29) is 22.0 Å². The number of rotatable bonds is 7. The first-order chi connectivity index (χ1) is 15.3. The molecule has 0 unspecified atom stereocenters. The summed E-state index contributed by atoms with van der Waals surface area (Å²) in [6.07, 6.45) is 7.29. The Kier molecular flexibility index (Phi) is 6.07. The number of pyridine rings is 1. The summed E-state index contributed by atoms with van der Waals surface area (Å²) in [6, 6.07) is 7.17. The lowest BCUT2D eigenvalue weighted by molar-refractivity contribution is 0.0936. The number of aromatic nitrogens is 3. The summed E-state index contributed by atoms with van der Waals surface area (Å²) in [6.45, 7) is 2.00. The molecule has 166 valence electrons. The Morgan fingerprint density at radius 1 is 1.22 bits per heavy atom. The van der Waals surface area contributed by atoms with Crippen molar-refractivity contribution in [1.82, 2.24) is 20.1 Å². The van der Waals surface area contributed by atoms with Crippen LogP contribution in [0, 0.1) is 5.82 Å². The smallest absolute Gasteiger partial charge is 0.254 e. The van der Waals surface area contributed by atoms with Crippen molar-refractivity contribution in [3.05, 3.63) is 71.2 Å². The SMILES string of the molecule is CCC[C@H](NC(=O)c1cncc2c1cnn2-c1ccc(F)cc1)c1csc(S(C)(=O)=O)c1. The maximum Gasteiger partial charge on any atom is 0.254 e. The van der Waals surface area contributed by atoms with Crippen LogP contribution in [0.25, 0.3) is 16.6 Å². The first kappa shape index (κ1) is 22.1. The lowest BCUT2D eigenvalue weighted by Crippen LogP contribution is -2.28. The summed E-state index contributed by atoms with van der Waals surface area (Å²) in [7, 11) is -3.30. The molecule has 0 fully saturated rings. The van der Waals surface area contributed by atoms with Crippen LogP contribution in [0.5, 0.6) is 0 Å². The number of sulfone groups is 1. The van der Waals surface area contributed by atoms with E-state index in [0.29, 0.717) is 28.6 Å². The fraction of sp³-hybridized carbons (Fsp3) is 0.227. The average molecular weight is 473 g/mol. The fourth-order valence-electron chi connectivity index (χ4n) is 3.46. The summed E-state index contributed by atoms with van der Waals surface area (Å²) in [5, 5.41) is 9.74. The highest BCUT2D eigenvalue weighted by molar-refractivity contribution is 7.92. The number of amides is 1. The van der Waals surface area contributed by atoms with Gasteiger partial charge in [-0.1, -0.05) is 13.3 Å². The molecule has 0 saturated heterocycles. The molecular weight excluding hydrogens is 451 g/mol. The molecule has 0 saturated carbocycles. The molecule has 10 heteroatoms. The van der Waals surface area contributed by atoms with Crippen LogP contribution in [0.1, 0.15) is 41.7 Å². The van der Waals surface area contributed by atoms with Gasteiger partial charge in [0, 0.05) is 17.8 Å². The van der Waals surface area contributed by atoms with Gasteiger partial charge in [-0.15, -0.1) is 11.3 Å². The molecule has 0 aliphatic heterocycles. The first-order valence-electron chi connectivity index (χ1n) is 9.95. The monoisotopic (exact) mass is 472 g/mol. The van der Waals surface area contributed by atoms with Gasteiger partial charge in [-0.25, -0.2) is 17.5 Å². The van der Waals surface area contributed by atoms with Crippen molar-refractivity contribution in [3.63, 3.8) is 0 Å². The van der Waals surface area contributed by atoms with E-state index in [4.69, 9.17) is 0 Å². The average Bonchev–Trinajstić information content (AvgIpc) is 3.41. The highest BCUT2D eigenvalue weighted by atomic mass is 32.2. The number of fused-ring (bicyclic) bond motifs is 1. The van der Waals surface area contributed by atoms with Crippen molar-refractivity contribution in [2.45, 2.75) is 30.0 Å². The summed E-state index contributed by atoms with van der Waals surface area (Å²) >= 11 is 1.15. The summed E-state index contributed by atoms with van der Waals surface area (Å²) < 4.78 is 38.8. The Labute approximate surface area is 188 Å². The zero-order valence-electron chi connectivity index (χ0n) is 17.4. The quantitative estimate of drug-likeness (QED) is 0.433. The van der Waals surface area contributed by atoms with Gasteiger partial charge in [-0.05, 0) is 47.7 Å². The third kappa shape index (κ3) is 4.42. The van der Waals surface area contributed by atoms with Crippen molar-refractivity contribution in [2.24, 2.45) is 0 Å². The van der Waals surface area contributed by atoms with E-state index < -0.39 is 9.84 Å². The minimum Gasteiger partial charge on any atom is -0.345 e. The second-order valence-corrected chi connectivity index (χ2v) is 10.6. The predicted octanol–water partition coefficient (Wildman–Crippen LogP) is 4.30. The number of carbonyl (C=O) groups excluding carboxylic acids is 1. The van der Waals surface area contributed by atoms with Crippen LogP contribution in [0.15, 0.2) is 58.5 Å². The maximum absolute atomic E-state index is 13.3. The van der Waals surface area contributed by atoms with Crippen LogP contribution in [0.2, 0.25) is 0 Å². The van der Waals surface area contributed by atoms with Gasteiger partial charge in [0.15, 0.2) is 9.84 Å². The van der Waals surface area contributed by atoms with Gasteiger partial charge in [0.05, 0.1) is 35.2 Å². The second-order valence-electron chi connectivity index (χ2n) is 7.44. The second kappa shape index (κ2) is 8.79. The minimum atomic E-state index is -3.30. The molecule has 1 N–H and O–H groups in total. The van der Waals surface area contributed by atoms with Gasteiger partial charge in [0.25, 0.3) is 5.91 Å². The van der Waals surface area contributed by atoms with Crippen LogP contribution in [0.3, 0.4) is 0 Å². The lowest BCUT2D eigenvalue weighted by Gasteiger charge is -2.17. The molecule has 7 nitrogen and oxygen atoms in total. The van der Waals surface area contributed by atoms with Crippen molar-refractivity contribution in [3.8, 4) is 5.69 Å². The van der Waals surface area contributed by atoms with Gasteiger partial charge in [0.2, 0.25) is 0 Å². The van der Waals surface area contributed by atoms with E-state index in [0.717, 1.165) is 23.3 Å². The molecule has 1 aromatic carbocycles. The number of benzene rings is 1. The van der Waals surface area contributed by atoms with E-state index in [9.17, 15) is 17.6 Å². The van der Waals surface area contributed by atoms with E-state index in [1.54, 1.807) is 40.7 Å². The molecule has 4 aromatic rings. The molecule has 0 aliphatic carbocycles. The highest BCUT2D eigenvalue weighted by Crippen LogP contribution is 2.28. The Bertz CT molecular complexity index is 1380. The molecule has 0 bridgehead atoms. The zero-order chi connectivity index (χ0) is 22.9. The van der Waals surface area contributed by atoms with E-state index >= 15 is 0 Å². The number of hydrogen-bond donors (Lipinski definition) is 1. The number of nitrogens with one attached hydrogen (secondary N) is 1. The molecule has 3 aromatic heterocycles. The number of halogens is 1. The van der Waals surface area contributed by atoms with Crippen LogP contribution >= 0.6 is 11.3 Å². The Morgan fingerprint density at radius 3 is 2.62 bits per heavy atom. The Morgan fingerprint density at radius 2 is 1.97 bits per heavy atom. The van der Waals surface area contributed by atoms with E-state index in [2.05, 4.69) is 15.4 Å². The lowest BCUT2D eigenvalue weighted by atomic mass is 10.0. The summed E-state index contributed by atoms with van der Waals surface area (Å²) in [5.41, 5.74) is 2.38. The van der Waals surface area contributed by atoms with E-state index in [1.165, 1.54) is 24.6 Å². The number of carbonyl (C=O) groups is 1. The predicted molar refractivity (Wildman–Crippen MR) is 121 cm³/mol. The third-order valence-electron chi connectivity index (χ3n) is 5.06. The number of thiophene rings is 1. The molecule has 4 rings (SSSR count). The largest absolute Gasteiger partial charge is 0.345 e. The molecule has 0 radical (unpaired) electrons. The van der Waals surface area contributed by atoms with Gasteiger partial charge < -0.3 is 5.32 Å². The van der Waals surface area contributed by atoms with Crippen molar-refractivity contribution < 1.29 is 17.6 Å². The number of hydrogen-bond acceptors (Lipinski definition) is 6. The van der Waals surface area contributed by atoms with Crippen molar-refractivity contribution >= 4 is 38.0 Å². The van der Waals surface area contributed by atoms with Crippen molar-refractivity contribution in [2.75, 3.05) is 6.26 Å². The first-order valence-corrected chi connectivity index (χ1v) is 12.7. The Hall–Kier alpha value is -3.11. The zero-order valence-corrected chi connectivity index (χ0v) is 19.1. The fourth-order valence-corrected chi connectivity index (χ4v) is 5.35. The summed E-state index contributed by atoms with van der Waals surface area (Å²) in [5.74, 6) is -0.676. The molecule has 0 aliphatic rings. The molecule has 3 heterocycles. The van der Waals surface area contributed by atoms with Crippen LogP contribution in [0.4, 0.5) is 4.39 Å². The van der Waals surface area contributed by atoms with Crippen molar-refractivity contribution in [1.29, 1.82) is 0 Å². The van der Waals surface area contributed by atoms with Crippen LogP contribution in [-0.2, 0) is 9.84 Å². The third-order valence-corrected chi connectivity index (χ3v) is 7.84. The standard InChI is InChI=1S/C22H21FN4O3S2/c1-3-4-19(14-9-21(31-13-14)32(2,29)30)26-22(28)18-10-24-12-20-17(18)11-25-27(20)16-7-5-15(23)6-8-16/h5-13,19H,3-4H2,1-2H3,(H,26,28)/t19-/m0/s1. The molecular formula is C22H21FN4O3S2. The summed E-state index contributed by atoms with van der Waals surface area (Å²) in [4.78, 5) is 17.4. The molecule has 1 atom stereocenters. The highest BCUT2D eigenvalue weighted by Gasteiger charge is 2.21. The topological polar surface area (TPSA) is 93.9 Å². The number of nitrogens with zero attached hydrogens (tertiary/aromatic N) is 3. The van der Waals surface area contributed by atoms with Gasteiger partial charge in [-0.3, -0.25) is 9.78 Å². The van der Waals surface area contributed by atoms with Gasteiger partial charge in [0.1, 0.15) is 10.0 Å². The maximum atomic E-state index is 13.3. The van der Waals surface area contributed by atoms with Crippen LogP contribution in [-0.4, -0.2) is 35.3 Å². The van der Waals surface area contributed by atoms with Gasteiger partial charge in [-0.2, -0.15) is 5.10 Å². The van der Waals surface area contributed by atoms with Gasteiger partial charge >= 0.3 is 0 Å². The minimum absolute atomic E-state index is 0.271. The molecule has 0 spiro atoms. The Balaban J connectivity index is 1.65. The molecule has 1 amide bonds. The van der Waals surface area contributed by atoms with E-state index in [1.807, 2.05) is 6.92 Å². The van der Waals surface area contributed by atoms with Crippen LogP contribution < -0.4 is 5.32 Å².